The van der Waals surface area contributed by atoms with Crippen LogP contribution in [0.2, 0.25) is 0 Å². The lowest BCUT2D eigenvalue weighted by Gasteiger charge is -2.12. The maximum Gasteiger partial charge on any atom is 0.203 e. The molecular formula is C24H23N3O3S. The third kappa shape index (κ3) is 4.62. The van der Waals surface area contributed by atoms with E-state index in [0.29, 0.717) is 29.6 Å². The zero-order valence-electron chi connectivity index (χ0n) is 17.6. The fourth-order valence-electron chi connectivity index (χ4n) is 3.23. The summed E-state index contributed by atoms with van der Waals surface area (Å²) in [5, 5.41) is 5.48. The monoisotopic (exact) mass is 433 g/mol. The Morgan fingerprint density at radius 1 is 0.903 bits per heavy atom. The Balaban J connectivity index is 1.63. The fourth-order valence-corrected chi connectivity index (χ4v) is 4.02. The Kier molecular flexibility index (Phi) is 6.33. The van der Waals surface area contributed by atoms with Crippen molar-refractivity contribution in [1.82, 2.24) is 9.97 Å². The second kappa shape index (κ2) is 9.49. The first-order valence-corrected chi connectivity index (χ1v) is 10.6. The van der Waals surface area contributed by atoms with Gasteiger partial charge in [0.1, 0.15) is 5.82 Å². The number of nitrogens with zero attached hydrogens (tertiary/aromatic N) is 2. The lowest BCUT2D eigenvalue weighted by Crippen LogP contribution is -2.03. The van der Waals surface area contributed by atoms with Gasteiger partial charge in [0.15, 0.2) is 17.3 Å². The number of benzene rings is 2. The molecule has 158 valence electrons. The molecule has 0 spiro atoms. The van der Waals surface area contributed by atoms with Crippen molar-refractivity contribution in [2.45, 2.75) is 6.54 Å². The summed E-state index contributed by atoms with van der Waals surface area (Å²) in [6.07, 6.45) is 3.81. The molecule has 0 saturated heterocycles. The highest BCUT2D eigenvalue weighted by atomic mass is 32.1. The lowest BCUT2D eigenvalue weighted by molar-refractivity contribution is 0.324. The molecule has 4 aromatic rings. The molecule has 0 unspecified atom stereocenters. The topological polar surface area (TPSA) is 65.5 Å². The van der Waals surface area contributed by atoms with Crippen molar-refractivity contribution in [3.05, 3.63) is 70.9 Å². The van der Waals surface area contributed by atoms with E-state index < -0.39 is 0 Å². The van der Waals surface area contributed by atoms with Crippen LogP contribution in [-0.2, 0) is 6.54 Å². The molecule has 0 amide bonds. The Hall–Kier alpha value is -3.58. The maximum atomic E-state index is 5.43. The van der Waals surface area contributed by atoms with Gasteiger partial charge in [-0.2, -0.15) is 0 Å². The van der Waals surface area contributed by atoms with Crippen LogP contribution in [0.5, 0.6) is 17.2 Å². The zero-order valence-corrected chi connectivity index (χ0v) is 18.4. The predicted molar refractivity (Wildman–Crippen MR) is 126 cm³/mol. The molecule has 0 saturated carbocycles. The first-order valence-electron chi connectivity index (χ1n) is 9.73. The van der Waals surface area contributed by atoms with Gasteiger partial charge < -0.3 is 19.5 Å². The van der Waals surface area contributed by atoms with Crippen LogP contribution in [0.1, 0.15) is 17.0 Å². The molecule has 4 rings (SSSR count). The number of hydrogen-bond donors (Lipinski definition) is 1. The van der Waals surface area contributed by atoms with Crippen LogP contribution in [0.4, 0.5) is 5.82 Å². The van der Waals surface area contributed by atoms with Crippen molar-refractivity contribution >= 4 is 39.5 Å². The van der Waals surface area contributed by atoms with Gasteiger partial charge in [0, 0.05) is 6.54 Å². The summed E-state index contributed by atoms with van der Waals surface area (Å²) in [6.45, 7) is 0.695. The highest BCUT2D eigenvalue weighted by Crippen LogP contribution is 2.38. The van der Waals surface area contributed by atoms with Crippen LogP contribution >= 0.6 is 11.3 Å². The molecule has 0 atom stereocenters. The van der Waals surface area contributed by atoms with E-state index in [9.17, 15) is 0 Å². The average molecular weight is 434 g/mol. The van der Waals surface area contributed by atoms with Crippen LogP contribution < -0.4 is 19.5 Å². The van der Waals surface area contributed by atoms with E-state index >= 15 is 0 Å². The molecule has 2 aromatic carbocycles. The predicted octanol–water partition coefficient (Wildman–Crippen LogP) is 5.50. The Morgan fingerprint density at radius 2 is 1.65 bits per heavy atom. The molecule has 6 nitrogen and oxygen atoms in total. The van der Waals surface area contributed by atoms with E-state index in [-0.39, 0.29) is 0 Å². The van der Waals surface area contributed by atoms with Gasteiger partial charge in [-0.1, -0.05) is 36.4 Å². The van der Waals surface area contributed by atoms with Gasteiger partial charge in [0.25, 0.3) is 0 Å². The van der Waals surface area contributed by atoms with Crippen molar-refractivity contribution in [3.63, 3.8) is 0 Å². The second-order valence-electron chi connectivity index (χ2n) is 6.70. The third-order valence-corrected chi connectivity index (χ3v) is 5.65. The number of nitrogens with one attached hydrogen (secondary N) is 1. The summed E-state index contributed by atoms with van der Waals surface area (Å²) in [4.78, 5) is 9.41. The number of aromatic nitrogens is 2. The van der Waals surface area contributed by atoms with E-state index in [1.165, 1.54) is 5.56 Å². The number of ether oxygens (including phenoxy) is 3. The number of hydrogen-bond acceptors (Lipinski definition) is 7. The van der Waals surface area contributed by atoms with Gasteiger partial charge in [0.2, 0.25) is 5.75 Å². The molecule has 0 radical (unpaired) electrons. The first-order chi connectivity index (χ1) is 15.2. The minimum atomic E-state index is 0.561. The third-order valence-electron chi connectivity index (χ3n) is 4.74. The molecule has 2 heterocycles. The van der Waals surface area contributed by atoms with E-state index in [4.69, 9.17) is 19.2 Å². The maximum absolute atomic E-state index is 5.43. The zero-order chi connectivity index (χ0) is 21.6. The van der Waals surface area contributed by atoms with E-state index in [2.05, 4.69) is 22.4 Å². The highest BCUT2D eigenvalue weighted by Gasteiger charge is 2.12. The molecule has 1 N–H and O–H groups in total. The number of fused-ring (bicyclic) bond motifs is 1. The summed E-state index contributed by atoms with van der Waals surface area (Å²) in [5.74, 6) is 3.20. The second-order valence-corrected chi connectivity index (χ2v) is 7.61. The smallest absolute Gasteiger partial charge is 0.203 e. The molecule has 0 fully saturated rings. The van der Waals surface area contributed by atoms with E-state index in [0.717, 1.165) is 21.6 Å². The van der Waals surface area contributed by atoms with Gasteiger partial charge in [-0.25, -0.2) is 9.97 Å². The Labute approximate surface area is 185 Å². The molecule has 7 heteroatoms. The van der Waals surface area contributed by atoms with Crippen LogP contribution in [0.3, 0.4) is 0 Å². The molecule has 0 aliphatic rings. The standard InChI is InChI=1S/C24H23N3O3S/c1-28-19-13-17(14-20(29-2)22(19)30-3)9-10-21-26-18-11-12-31-23(18)24(27-21)25-15-16-7-5-4-6-8-16/h4-14H,15H2,1-3H3,(H,25,26,27)/b10-9+. The summed E-state index contributed by atoms with van der Waals surface area (Å²) in [7, 11) is 4.79. The Bertz CT molecular complexity index is 1180. The highest BCUT2D eigenvalue weighted by molar-refractivity contribution is 7.17. The summed E-state index contributed by atoms with van der Waals surface area (Å²) >= 11 is 1.63. The van der Waals surface area contributed by atoms with Crippen LogP contribution in [0.25, 0.3) is 22.4 Å². The quantitative estimate of drug-likeness (QED) is 0.396. The summed E-state index contributed by atoms with van der Waals surface area (Å²) < 4.78 is 17.3. The molecule has 31 heavy (non-hydrogen) atoms. The minimum absolute atomic E-state index is 0.561. The van der Waals surface area contributed by atoms with Crippen molar-refractivity contribution in [2.24, 2.45) is 0 Å². The molecule has 2 aromatic heterocycles. The number of thiophene rings is 1. The van der Waals surface area contributed by atoms with Crippen molar-refractivity contribution < 1.29 is 14.2 Å². The molecule has 0 bridgehead atoms. The number of rotatable bonds is 8. The van der Waals surface area contributed by atoms with Gasteiger partial charge in [0.05, 0.1) is 31.5 Å². The van der Waals surface area contributed by atoms with Crippen LogP contribution in [0.15, 0.2) is 53.9 Å². The molecule has 0 aliphatic carbocycles. The molecular weight excluding hydrogens is 410 g/mol. The van der Waals surface area contributed by atoms with Crippen LogP contribution in [0, 0.1) is 0 Å². The Morgan fingerprint density at radius 3 is 2.32 bits per heavy atom. The van der Waals surface area contributed by atoms with Crippen molar-refractivity contribution in [3.8, 4) is 17.2 Å². The SMILES string of the molecule is COc1cc(/C=C/c2nc(NCc3ccccc3)c3sccc3n2)cc(OC)c1OC. The van der Waals surface area contributed by atoms with Gasteiger partial charge >= 0.3 is 0 Å². The number of anilines is 1. The van der Waals surface area contributed by atoms with E-state index in [1.807, 2.05) is 53.9 Å². The van der Waals surface area contributed by atoms with Gasteiger partial charge in [-0.3, -0.25) is 0 Å². The largest absolute Gasteiger partial charge is 0.493 e. The summed E-state index contributed by atoms with van der Waals surface area (Å²) in [5.41, 5.74) is 3.00. The van der Waals surface area contributed by atoms with Crippen molar-refractivity contribution in [2.75, 3.05) is 26.6 Å². The van der Waals surface area contributed by atoms with Gasteiger partial charge in [-0.05, 0) is 40.8 Å². The van der Waals surface area contributed by atoms with Crippen LogP contribution in [-0.4, -0.2) is 31.3 Å². The lowest BCUT2D eigenvalue weighted by atomic mass is 10.1. The fraction of sp³-hybridized carbons (Fsp3) is 0.167. The first kappa shape index (κ1) is 20.7. The summed E-state index contributed by atoms with van der Waals surface area (Å²) in [6, 6.07) is 16.0. The van der Waals surface area contributed by atoms with Crippen molar-refractivity contribution in [1.29, 1.82) is 0 Å². The number of methoxy groups -OCH3 is 3. The normalized spacial score (nSPS) is 11.1. The minimum Gasteiger partial charge on any atom is -0.493 e. The molecule has 0 aliphatic heterocycles. The van der Waals surface area contributed by atoms with E-state index in [1.54, 1.807) is 32.7 Å². The average Bonchev–Trinajstić information content (AvgIpc) is 3.30. The van der Waals surface area contributed by atoms with Gasteiger partial charge in [-0.15, -0.1) is 11.3 Å².